The fourth-order valence-electron chi connectivity index (χ4n) is 2.80. The number of ether oxygens (including phenoxy) is 1. The molecule has 1 heterocycles. The van der Waals surface area contributed by atoms with Crippen LogP contribution in [0.4, 0.5) is 0 Å². The van der Waals surface area contributed by atoms with Gasteiger partial charge in [-0.3, -0.25) is 14.6 Å². The van der Waals surface area contributed by atoms with Crippen molar-refractivity contribution in [3.63, 3.8) is 0 Å². The molecule has 5 nitrogen and oxygen atoms in total. The Kier molecular flexibility index (Phi) is 5.98. The van der Waals surface area contributed by atoms with Gasteiger partial charge in [-0.2, -0.15) is 0 Å². The van der Waals surface area contributed by atoms with E-state index >= 15 is 0 Å². The summed E-state index contributed by atoms with van der Waals surface area (Å²) in [5, 5.41) is 3.30. The molecule has 1 aliphatic rings. The van der Waals surface area contributed by atoms with Gasteiger partial charge in [0.05, 0.1) is 6.61 Å². The number of nitrogens with zero attached hydrogens (tertiary/aromatic N) is 2. The van der Waals surface area contributed by atoms with Crippen molar-refractivity contribution in [1.82, 2.24) is 15.1 Å². The van der Waals surface area contributed by atoms with Crippen LogP contribution in [0, 0.1) is 0 Å². The summed E-state index contributed by atoms with van der Waals surface area (Å²) in [5.41, 5.74) is -0.489. The van der Waals surface area contributed by atoms with E-state index < -0.39 is 5.54 Å². The van der Waals surface area contributed by atoms with Gasteiger partial charge in [0.1, 0.15) is 5.54 Å². The molecule has 0 aromatic rings. The topological polar surface area (TPSA) is 44.8 Å². The van der Waals surface area contributed by atoms with Crippen LogP contribution in [-0.4, -0.2) is 73.2 Å². The third-order valence-corrected chi connectivity index (χ3v) is 4.23. The summed E-state index contributed by atoms with van der Waals surface area (Å²) in [4.78, 5) is 17.0. The highest BCUT2D eigenvalue weighted by atomic mass is 16.5. The maximum Gasteiger partial charge on any atom is 0.327 e. The highest BCUT2D eigenvalue weighted by Crippen LogP contribution is 2.21. The summed E-state index contributed by atoms with van der Waals surface area (Å²) in [6.07, 6.45) is 0. The maximum absolute atomic E-state index is 12.2. The van der Waals surface area contributed by atoms with Crippen molar-refractivity contribution in [2.45, 2.75) is 45.7 Å². The van der Waals surface area contributed by atoms with E-state index in [1.165, 1.54) is 0 Å². The third kappa shape index (κ3) is 4.17. The average molecular weight is 285 g/mol. The van der Waals surface area contributed by atoms with Gasteiger partial charge in [-0.1, -0.05) is 6.92 Å². The van der Waals surface area contributed by atoms with Gasteiger partial charge < -0.3 is 10.1 Å². The van der Waals surface area contributed by atoms with Gasteiger partial charge >= 0.3 is 5.97 Å². The minimum absolute atomic E-state index is 0.139. The average Bonchev–Trinajstić information content (AvgIpc) is 2.34. The highest BCUT2D eigenvalue weighted by Gasteiger charge is 2.39. The standard InChI is InChI=1S/C15H31N3O2/c1-7-16-15(5,13(19)20-8-2)12-18-10-9-17(6)14(3,4)11-18/h16H,7-12H2,1-6H3. The van der Waals surface area contributed by atoms with Gasteiger partial charge in [0.2, 0.25) is 0 Å². The van der Waals surface area contributed by atoms with Crippen LogP contribution in [0.1, 0.15) is 34.6 Å². The first kappa shape index (κ1) is 17.4. The normalized spacial score (nSPS) is 23.3. The van der Waals surface area contributed by atoms with Crippen LogP contribution in [-0.2, 0) is 9.53 Å². The Balaban J connectivity index is 2.73. The molecule has 0 aliphatic carbocycles. The van der Waals surface area contributed by atoms with Crippen molar-refractivity contribution < 1.29 is 9.53 Å². The molecule has 0 aromatic carbocycles. The molecule has 5 heteroatoms. The number of piperazine rings is 1. The fraction of sp³-hybridized carbons (Fsp3) is 0.933. The van der Waals surface area contributed by atoms with Crippen LogP contribution in [0.2, 0.25) is 0 Å². The smallest absolute Gasteiger partial charge is 0.327 e. The van der Waals surface area contributed by atoms with Crippen molar-refractivity contribution in [1.29, 1.82) is 0 Å². The molecule has 20 heavy (non-hydrogen) atoms. The molecule has 1 N–H and O–H groups in total. The summed E-state index contributed by atoms with van der Waals surface area (Å²) < 4.78 is 5.24. The Bertz CT molecular complexity index is 333. The molecule has 0 amide bonds. The summed E-state index contributed by atoms with van der Waals surface area (Å²) >= 11 is 0. The number of carbonyl (C=O) groups is 1. The van der Waals surface area contributed by atoms with Crippen molar-refractivity contribution in [3.8, 4) is 0 Å². The zero-order valence-electron chi connectivity index (χ0n) is 14.0. The van der Waals surface area contributed by atoms with Crippen LogP contribution < -0.4 is 5.32 Å². The Morgan fingerprint density at radius 1 is 1.35 bits per heavy atom. The molecule has 0 spiro atoms. The molecule has 118 valence electrons. The predicted molar refractivity (Wildman–Crippen MR) is 81.9 cm³/mol. The first-order valence-electron chi connectivity index (χ1n) is 7.61. The van der Waals surface area contributed by atoms with Gasteiger partial charge in [0.15, 0.2) is 0 Å². The zero-order chi connectivity index (χ0) is 15.4. The molecule has 1 atom stereocenters. The number of rotatable bonds is 6. The second kappa shape index (κ2) is 6.87. The Morgan fingerprint density at radius 3 is 2.50 bits per heavy atom. The lowest BCUT2D eigenvalue weighted by Crippen LogP contribution is -2.64. The van der Waals surface area contributed by atoms with E-state index in [0.717, 1.165) is 26.2 Å². The molecule has 1 saturated heterocycles. The van der Waals surface area contributed by atoms with E-state index in [-0.39, 0.29) is 11.5 Å². The Labute approximate surface area is 123 Å². The first-order chi connectivity index (χ1) is 9.25. The van der Waals surface area contributed by atoms with Crippen molar-refractivity contribution in [3.05, 3.63) is 0 Å². The van der Waals surface area contributed by atoms with Gasteiger partial charge in [0.25, 0.3) is 0 Å². The van der Waals surface area contributed by atoms with Crippen LogP contribution in [0.5, 0.6) is 0 Å². The number of carbonyl (C=O) groups excluding carboxylic acids is 1. The van der Waals surface area contributed by atoms with Crippen molar-refractivity contribution in [2.24, 2.45) is 0 Å². The Hall–Kier alpha value is -0.650. The lowest BCUT2D eigenvalue weighted by Gasteiger charge is -2.47. The summed E-state index contributed by atoms with van der Waals surface area (Å²) in [7, 11) is 2.16. The van der Waals surface area contributed by atoms with E-state index in [0.29, 0.717) is 13.2 Å². The molecular weight excluding hydrogens is 254 g/mol. The summed E-state index contributed by atoms with van der Waals surface area (Å²) in [6, 6.07) is 0. The second-order valence-corrected chi connectivity index (χ2v) is 6.53. The van der Waals surface area contributed by atoms with Gasteiger partial charge in [-0.15, -0.1) is 0 Å². The fourth-order valence-corrected chi connectivity index (χ4v) is 2.80. The summed E-state index contributed by atoms with van der Waals surface area (Å²) in [6.45, 7) is 15.1. The number of esters is 1. The number of nitrogens with one attached hydrogen (secondary N) is 1. The maximum atomic E-state index is 12.2. The molecule has 0 aromatic heterocycles. The molecule has 0 bridgehead atoms. The van der Waals surface area contributed by atoms with Crippen LogP contribution in [0.3, 0.4) is 0 Å². The number of likely N-dealkylation sites (N-methyl/N-ethyl adjacent to an activating group) is 2. The lowest BCUT2D eigenvalue weighted by molar-refractivity contribution is -0.152. The molecule has 0 radical (unpaired) electrons. The Morgan fingerprint density at radius 2 is 2.00 bits per heavy atom. The zero-order valence-corrected chi connectivity index (χ0v) is 14.0. The quantitative estimate of drug-likeness (QED) is 0.736. The second-order valence-electron chi connectivity index (χ2n) is 6.53. The van der Waals surface area contributed by atoms with Crippen LogP contribution in [0.15, 0.2) is 0 Å². The molecule has 1 unspecified atom stereocenters. The molecule has 0 saturated carbocycles. The van der Waals surface area contributed by atoms with E-state index in [9.17, 15) is 4.79 Å². The lowest BCUT2D eigenvalue weighted by atomic mass is 9.96. The van der Waals surface area contributed by atoms with Crippen LogP contribution in [0.25, 0.3) is 0 Å². The largest absolute Gasteiger partial charge is 0.465 e. The van der Waals surface area contributed by atoms with Crippen molar-refractivity contribution >= 4 is 5.97 Å². The van der Waals surface area contributed by atoms with E-state index in [2.05, 4.69) is 36.0 Å². The van der Waals surface area contributed by atoms with Crippen molar-refractivity contribution in [2.75, 3.05) is 46.4 Å². The summed E-state index contributed by atoms with van der Waals surface area (Å²) in [5.74, 6) is -0.154. The highest BCUT2D eigenvalue weighted by molar-refractivity contribution is 5.80. The minimum Gasteiger partial charge on any atom is -0.465 e. The molecular formula is C15H31N3O2. The van der Waals surface area contributed by atoms with E-state index in [1.807, 2.05) is 20.8 Å². The minimum atomic E-state index is -0.628. The molecule has 1 rings (SSSR count). The monoisotopic (exact) mass is 285 g/mol. The van der Waals surface area contributed by atoms with Gasteiger partial charge in [-0.25, -0.2) is 0 Å². The van der Waals surface area contributed by atoms with Gasteiger partial charge in [-0.05, 0) is 41.3 Å². The van der Waals surface area contributed by atoms with E-state index in [1.54, 1.807) is 0 Å². The van der Waals surface area contributed by atoms with Crippen LogP contribution >= 0.6 is 0 Å². The number of hydrogen-bond donors (Lipinski definition) is 1. The molecule has 1 aliphatic heterocycles. The molecule has 1 fully saturated rings. The SMILES string of the molecule is CCNC(C)(CN1CCN(C)C(C)(C)C1)C(=O)OCC. The predicted octanol–water partition coefficient (Wildman–Crippen LogP) is 0.944. The number of hydrogen-bond acceptors (Lipinski definition) is 5. The first-order valence-corrected chi connectivity index (χ1v) is 7.61. The van der Waals surface area contributed by atoms with Gasteiger partial charge in [0, 0.05) is 31.7 Å². The van der Waals surface area contributed by atoms with E-state index in [4.69, 9.17) is 4.74 Å². The third-order valence-electron chi connectivity index (χ3n) is 4.23.